The van der Waals surface area contributed by atoms with Gasteiger partial charge >= 0.3 is 18.1 Å². The molecule has 208 valence electrons. The third-order valence-corrected chi connectivity index (χ3v) is 5.51. The van der Waals surface area contributed by atoms with Gasteiger partial charge in [-0.25, -0.2) is 9.59 Å². The molecule has 0 radical (unpaired) electrons. The minimum Gasteiger partial charge on any atom is -0.496 e. The number of halogens is 3. The average molecular weight is 558 g/mol. The average Bonchev–Trinajstić information content (AvgIpc) is 2.93. The summed E-state index contributed by atoms with van der Waals surface area (Å²) in [5, 5.41) is -0.263. The molecule has 12 heteroatoms. The van der Waals surface area contributed by atoms with Gasteiger partial charge in [0.2, 0.25) is 11.2 Å². The molecule has 0 unspecified atom stereocenters. The number of rotatable bonds is 8. The fourth-order valence-corrected chi connectivity index (χ4v) is 3.70. The summed E-state index contributed by atoms with van der Waals surface area (Å²) in [6.45, 7) is 1.76. The highest BCUT2D eigenvalue weighted by atomic mass is 19.4. The molecular weight excluding hydrogens is 537 g/mol. The fraction of sp³-hybridized carbons (Fsp3) is 0.179. The molecule has 0 amide bonds. The molecule has 0 saturated carbocycles. The predicted molar refractivity (Wildman–Crippen MR) is 134 cm³/mol. The van der Waals surface area contributed by atoms with E-state index in [-0.39, 0.29) is 46.1 Å². The van der Waals surface area contributed by atoms with Gasteiger partial charge in [-0.05, 0) is 55.5 Å². The lowest BCUT2D eigenvalue weighted by molar-refractivity contribution is -0.154. The van der Waals surface area contributed by atoms with Crippen molar-refractivity contribution in [1.29, 1.82) is 0 Å². The van der Waals surface area contributed by atoms with Crippen molar-refractivity contribution >= 4 is 22.9 Å². The van der Waals surface area contributed by atoms with Crippen LogP contribution in [0.1, 0.15) is 33.4 Å². The van der Waals surface area contributed by atoms with Gasteiger partial charge < -0.3 is 28.1 Å². The molecule has 4 rings (SSSR count). The van der Waals surface area contributed by atoms with E-state index in [1.54, 1.807) is 13.0 Å². The van der Waals surface area contributed by atoms with E-state index >= 15 is 0 Å². The number of ether oxygens (including phenoxy) is 5. The van der Waals surface area contributed by atoms with Crippen LogP contribution in [0.4, 0.5) is 13.2 Å². The molecule has 9 nitrogen and oxygen atoms in total. The Morgan fingerprint density at radius 1 is 0.875 bits per heavy atom. The van der Waals surface area contributed by atoms with E-state index in [1.807, 2.05) is 0 Å². The minimum absolute atomic E-state index is 0.0530. The summed E-state index contributed by atoms with van der Waals surface area (Å²) >= 11 is 0. The molecule has 0 aliphatic rings. The Labute approximate surface area is 224 Å². The molecule has 0 atom stereocenters. The van der Waals surface area contributed by atoms with Gasteiger partial charge in [0, 0.05) is 6.07 Å². The number of fused-ring (bicyclic) bond motifs is 1. The highest BCUT2D eigenvalue weighted by molar-refractivity contribution is 5.97. The van der Waals surface area contributed by atoms with Crippen LogP contribution in [0.5, 0.6) is 28.7 Å². The van der Waals surface area contributed by atoms with Gasteiger partial charge in [-0.3, -0.25) is 4.79 Å². The Kier molecular flexibility index (Phi) is 7.98. The summed E-state index contributed by atoms with van der Waals surface area (Å²) in [4.78, 5) is 37.8. The van der Waals surface area contributed by atoms with Crippen molar-refractivity contribution in [2.24, 2.45) is 0 Å². The summed E-state index contributed by atoms with van der Waals surface area (Å²) in [7, 11) is 2.67. The van der Waals surface area contributed by atoms with E-state index in [0.717, 1.165) is 12.1 Å². The first-order valence-electron chi connectivity index (χ1n) is 11.6. The Balaban J connectivity index is 1.71. The number of carbonyl (C=O) groups excluding carboxylic acids is 2. The van der Waals surface area contributed by atoms with Crippen LogP contribution in [0.15, 0.2) is 69.9 Å². The quantitative estimate of drug-likeness (QED) is 0.189. The van der Waals surface area contributed by atoms with E-state index in [9.17, 15) is 27.6 Å². The maximum atomic E-state index is 13.9. The molecule has 1 heterocycles. The zero-order valence-corrected chi connectivity index (χ0v) is 21.3. The SMILES string of the molecule is CCOC(=O)c1ccc(Oc2c(C(F)(F)F)oc3cc(OC(=O)c4c(OC)cccc4OC)ccc3c2=O)cc1. The summed E-state index contributed by atoms with van der Waals surface area (Å²) in [6.07, 6.45) is -5.12. The van der Waals surface area contributed by atoms with Gasteiger partial charge in [0.05, 0.1) is 31.8 Å². The number of esters is 2. The largest absolute Gasteiger partial charge is 0.496 e. The second-order valence-corrected chi connectivity index (χ2v) is 8.02. The molecule has 1 aromatic heterocycles. The highest BCUT2D eigenvalue weighted by Crippen LogP contribution is 2.39. The summed E-state index contributed by atoms with van der Waals surface area (Å²) in [5.74, 6) is -4.41. The lowest BCUT2D eigenvalue weighted by atomic mass is 10.1. The second-order valence-electron chi connectivity index (χ2n) is 8.02. The van der Waals surface area contributed by atoms with Gasteiger partial charge in [-0.1, -0.05) is 6.07 Å². The van der Waals surface area contributed by atoms with Crippen molar-refractivity contribution < 1.29 is 50.9 Å². The van der Waals surface area contributed by atoms with Crippen molar-refractivity contribution in [3.8, 4) is 28.7 Å². The van der Waals surface area contributed by atoms with Crippen molar-refractivity contribution in [3.05, 3.63) is 87.8 Å². The second kappa shape index (κ2) is 11.4. The Morgan fingerprint density at radius 2 is 1.50 bits per heavy atom. The van der Waals surface area contributed by atoms with Crippen LogP contribution in [0.3, 0.4) is 0 Å². The third-order valence-electron chi connectivity index (χ3n) is 5.51. The molecule has 0 spiro atoms. The summed E-state index contributed by atoms with van der Waals surface area (Å²) in [6, 6.07) is 12.9. The summed E-state index contributed by atoms with van der Waals surface area (Å²) in [5.41, 5.74) is -1.53. The first-order valence-corrected chi connectivity index (χ1v) is 11.6. The number of hydrogen-bond acceptors (Lipinski definition) is 9. The zero-order chi connectivity index (χ0) is 29.0. The van der Waals surface area contributed by atoms with Crippen LogP contribution in [-0.2, 0) is 10.9 Å². The lowest BCUT2D eigenvalue weighted by Gasteiger charge is -2.14. The summed E-state index contributed by atoms with van der Waals surface area (Å²) < 4.78 is 72.6. The van der Waals surface area contributed by atoms with Crippen molar-refractivity contribution in [2.75, 3.05) is 20.8 Å². The molecule has 0 aliphatic carbocycles. The number of alkyl halides is 3. The van der Waals surface area contributed by atoms with Crippen LogP contribution in [0, 0.1) is 0 Å². The monoisotopic (exact) mass is 558 g/mol. The van der Waals surface area contributed by atoms with Gasteiger partial charge in [0.1, 0.15) is 34.1 Å². The van der Waals surface area contributed by atoms with E-state index < -0.39 is 40.6 Å². The zero-order valence-electron chi connectivity index (χ0n) is 21.3. The molecular formula is C28H21F3O9. The highest BCUT2D eigenvalue weighted by Gasteiger charge is 2.40. The van der Waals surface area contributed by atoms with E-state index in [0.29, 0.717) is 0 Å². The smallest absolute Gasteiger partial charge is 0.453 e. The molecule has 40 heavy (non-hydrogen) atoms. The minimum atomic E-state index is -5.12. The van der Waals surface area contributed by atoms with Crippen molar-refractivity contribution in [2.45, 2.75) is 13.1 Å². The maximum absolute atomic E-state index is 13.9. The normalized spacial score (nSPS) is 11.2. The van der Waals surface area contributed by atoms with E-state index in [4.69, 9.17) is 28.1 Å². The number of benzene rings is 3. The predicted octanol–water partition coefficient (Wildman–Crippen LogP) is 6.02. The standard InChI is InChI=1S/C28H21F3O9/c1-4-37-26(33)15-8-10-16(11-9-15)38-24-23(32)18-13-12-17(14-21(18)40-25(24)28(29,30)31)39-27(34)22-19(35-2)6-5-7-20(22)36-3/h5-14H,4H2,1-3H3. The number of hydrogen-bond donors (Lipinski definition) is 0. The van der Waals surface area contributed by atoms with Gasteiger partial charge in [-0.15, -0.1) is 0 Å². The molecule has 0 N–H and O–H groups in total. The van der Waals surface area contributed by atoms with Crippen LogP contribution in [-0.4, -0.2) is 32.8 Å². The van der Waals surface area contributed by atoms with Crippen molar-refractivity contribution in [1.82, 2.24) is 0 Å². The fourth-order valence-electron chi connectivity index (χ4n) is 3.70. The van der Waals surface area contributed by atoms with Gasteiger partial charge in [0.25, 0.3) is 5.76 Å². The molecule has 0 aliphatic heterocycles. The van der Waals surface area contributed by atoms with Crippen LogP contribution < -0.4 is 24.4 Å². The van der Waals surface area contributed by atoms with E-state index in [2.05, 4.69) is 0 Å². The third kappa shape index (κ3) is 5.70. The lowest BCUT2D eigenvalue weighted by Crippen LogP contribution is -2.16. The topological polar surface area (TPSA) is 110 Å². The maximum Gasteiger partial charge on any atom is 0.453 e. The first-order chi connectivity index (χ1) is 19.1. The van der Waals surface area contributed by atoms with Gasteiger partial charge in [-0.2, -0.15) is 13.2 Å². The van der Waals surface area contributed by atoms with Crippen LogP contribution in [0.2, 0.25) is 0 Å². The van der Waals surface area contributed by atoms with Crippen molar-refractivity contribution in [3.63, 3.8) is 0 Å². The van der Waals surface area contributed by atoms with E-state index in [1.165, 1.54) is 56.7 Å². The van der Waals surface area contributed by atoms with Crippen LogP contribution in [0.25, 0.3) is 11.0 Å². The molecule has 4 aromatic rings. The Hall–Kier alpha value is -5.00. The Bertz CT molecular complexity index is 1600. The number of carbonyl (C=O) groups is 2. The number of methoxy groups -OCH3 is 2. The first kappa shape index (κ1) is 28.0. The Morgan fingerprint density at radius 3 is 2.08 bits per heavy atom. The molecule has 0 saturated heterocycles. The molecule has 0 fully saturated rings. The van der Waals surface area contributed by atoms with Gasteiger partial charge in [0.15, 0.2) is 0 Å². The molecule has 3 aromatic carbocycles. The molecule has 0 bridgehead atoms. The van der Waals surface area contributed by atoms with Crippen LogP contribution >= 0.6 is 0 Å².